The standard InChI is InChI=1S/C16H24N2O3/c1-4-5-12-6-8-13(9-7-12)17-16(21)18-14(15(19)20)10-11(2)3/h6-9,11,14H,4-5,10H2,1-3H3,(H,19,20)(H2,17,18,21). The first-order valence-electron chi connectivity index (χ1n) is 7.31. The maximum Gasteiger partial charge on any atom is 0.326 e. The van der Waals surface area contributed by atoms with Crippen LogP contribution in [0.4, 0.5) is 10.5 Å². The lowest BCUT2D eigenvalue weighted by molar-refractivity contribution is -0.139. The molecule has 5 nitrogen and oxygen atoms in total. The van der Waals surface area contributed by atoms with Gasteiger partial charge in [0.2, 0.25) is 0 Å². The maximum absolute atomic E-state index is 11.8. The van der Waals surface area contributed by atoms with E-state index < -0.39 is 18.0 Å². The summed E-state index contributed by atoms with van der Waals surface area (Å²) in [5, 5.41) is 14.2. The molecule has 0 heterocycles. The third-order valence-corrected chi connectivity index (χ3v) is 3.06. The van der Waals surface area contributed by atoms with Gasteiger partial charge in [-0.25, -0.2) is 9.59 Å². The highest BCUT2D eigenvalue weighted by molar-refractivity contribution is 5.92. The van der Waals surface area contributed by atoms with Gasteiger partial charge in [0.05, 0.1) is 0 Å². The molecule has 0 aliphatic rings. The summed E-state index contributed by atoms with van der Waals surface area (Å²) in [4.78, 5) is 22.9. The molecule has 116 valence electrons. The molecule has 21 heavy (non-hydrogen) atoms. The molecule has 3 N–H and O–H groups in total. The van der Waals surface area contributed by atoms with Crippen molar-refractivity contribution in [3.8, 4) is 0 Å². The zero-order valence-corrected chi connectivity index (χ0v) is 12.8. The first kappa shape index (κ1) is 17.0. The van der Waals surface area contributed by atoms with Crippen molar-refractivity contribution in [1.29, 1.82) is 0 Å². The van der Waals surface area contributed by atoms with Gasteiger partial charge in [-0.2, -0.15) is 0 Å². The number of carbonyl (C=O) groups excluding carboxylic acids is 1. The quantitative estimate of drug-likeness (QED) is 0.721. The Kier molecular flexibility index (Phi) is 6.72. The molecule has 0 aliphatic heterocycles. The third-order valence-electron chi connectivity index (χ3n) is 3.06. The fourth-order valence-electron chi connectivity index (χ4n) is 2.06. The van der Waals surface area contributed by atoms with Crippen LogP contribution in [-0.2, 0) is 11.2 Å². The van der Waals surface area contributed by atoms with E-state index in [1.54, 1.807) is 0 Å². The predicted octanol–water partition coefficient (Wildman–Crippen LogP) is 3.26. The summed E-state index contributed by atoms with van der Waals surface area (Å²) in [6.07, 6.45) is 2.48. The minimum atomic E-state index is -1.02. The van der Waals surface area contributed by atoms with Crippen molar-refractivity contribution < 1.29 is 14.7 Å². The normalized spacial score (nSPS) is 12.0. The number of hydrogen-bond acceptors (Lipinski definition) is 2. The fourth-order valence-corrected chi connectivity index (χ4v) is 2.06. The average molecular weight is 292 g/mol. The number of carbonyl (C=O) groups is 2. The van der Waals surface area contributed by atoms with Crippen LogP contribution in [-0.4, -0.2) is 23.1 Å². The molecule has 0 spiro atoms. The minimum absolute atomic E-state index is 0.194. The Balaban J connectivity index is 2.57. The van der Waals surface area contributed by atoms with E-state index in [-0.39, 0.29) is 5.92 Å². The molecule has 0 saturated heterocycles. The van der Waals surface area contributed by atoms with Gasteiger partial charge in [-0.05, 0) is 36.5 Å². The molecule has 0 saturated carbocycles. The number of amides is 2. The molecule has 0 aromatic heterocycles. The number of rotatable bonds is 7. The summed E-state index contributed by atoms with van der Waals surface area (Å²) < 4.78 is 0. The van der Waals surface area contributed by atoms with Crippen LogP contribution in [0.5, 0.6) is 0 Å². The molecule has 1 atom stereocenters. The number of carboxylic acid groups (broad SMARTS) is 1. The number of nitrogens with one attached hydrogen (secondary N) is 2. The second kappa shape index (κ2) is 8.29. The second-order valence-corrected chi connectivity index (χ2v) is 5.57. The van der Waals surface area contributed by atoms with Crippen molar-refractivity contribution in [3.05, 3.63) is 29.8 Å². The molecule has 1 rings (SSSR count). The third kappa shape index (κ3) is 6.29. The smallest absolute Gasteiger partial charge is 0.326 e. The Morgan fingerprint density at radius 3 is 2.29 bits per heavy atom. The molecule has 0 aliphatic carbocycles. The van der Waals surface area contributed by atoms with Gasteiger partial charge in [0.1, 0.15) is 6.04 Å². The predicted molar refractivity (Wildman–Crippen MR) is 83.5 cm³/mol. The van der Waals surface area contributed by atoms with Crippen LogP contribution < -0.4 is 10.6 Å². The zero-order valence-electron chi connectivity index (χ0n) is 12.8. The Labute approximate surface area is 125 Å². The van der Waals surface area contributed by atoms with Crippen LogP contribution in [0.2, 0.25) is 0 Å². The van der Waals surface area contributed by atoms with Crippen LogP contribution in [0.3, 0.4) is 0 Å². The van der Waals surface area contributed by atoms with E-state index in [2.05, 4.69) is 17.6 Å². The van der Waals surface area contributed by atoms with E-state index in [9.17, 15) is 9.59 Å². The number of aryl methyl sites for hydroxylation is 1. The Morgan fingerprint density at radius 2 is 1.81 bits per heavy atom. The van der Waals surface area contributed by atoms with Crippen LogP contribution in [0.25, 0.3) is 0 Å². The number of hydrogen-bond donors (Lipinski definition) is 3. The van der Waals surface area contributed by atoms with E-state index in [0.29, 0.717) is 12.1 Å². The topological polar surface area (TPSA) is 78.4 Å². The van der Waals surface area contributed by atoms with Crippen LogP contribution >= 0.6 is 0 Å². The number of benzene rings is 1. The molecule has 1 aromatic carbocycles. The highest BCUT2D eigenvalue weighted by Gasteiger charge is 2.20. The summed E-state index contributed by atoms with van der Waals surface area (Å²) in [7, 11) is 0. The largest absolute Gasteiger partial charge is 0.480 e. The highest BCUT2D eigenvalue weighted by atomic mass is 16.4. The van der Waals surface area contributed by atoms with E-state index in [4.69, 9.17) is 5.11 Å². The SMILES string of the molecule is CCCc1ccc(NC(=O)NC(CC(C)C)C(=O)O)cc1. The molecule has 0 fully saturated rings. The van der Waals surface area contributed by atoms with Gasteiger partial charge in [0.15, 0.2) is 0 Å². The Bertz CT molecular complexity index is 469. The number of anilines is 1. The van der Waals surface area contributed by atoms with Gasteiger partial charge >= 0.3 is 12.0 Å². The molecule has 5 heteroatoms. The molecule has 1 unspecified atom stereocenters. The number of urea groups is 1. The molecule has 0 radical (unpaired) electrons. The van der Waals surface area contributed by atoms with Gasteiger partial charge < -0.3 is 15.7 Å². The van der Waals surface area contributed by atoms with Crippen molar-refractivity contribution in [1.82, 2.24) is 5.32 Å². The van der Waals surface area contributed by atoms with Gasteiger partial charge in [-0.15, -0.1) is 0 Å². The van der Waals surface area contributed by atoms with E-state index >= 15 is 0 Å². The van der Waals surface area contributed by atoms with Crippen LogP contribution in [0.1, 0.15) is 39.2 Å². The van der Waals surface area contributed by atoms with E-state index in [1.165, 1.54) is 5.56 Å². The molecule has 1 aromatic rings. The Hall–Kier alpha value is -2.04. The van der Waals surface area contributed by atoms with Gasteiger partial charge in [-0.1, -0.05) is 39.3 Å². The van der Waals surface area contributed by atoms with Crippen LogP contribution in [0.15, 0.2) is 24.3 Å². The minimum Gasteiger partial charge on any atom is -0.480 e. The number of aliphatic carboxylic acids is 1. The van der Waals surface area contributed by atoms with Crippen LogP contribution in [0, 0.1) is 5.92 Å². The summed E-state index contributed by atoms with van der Waals surface area (Å²) in [6, 6.07) is 6.20. The Morgan fingerprint density at radius 1 is 1.19 bits per heavy atom. The van der Waals surface area contributed by atoms with Crippen molar-refractivity contribution in [2.75, 3.05) is 5.32 Å². The first-order valence-corrected chi connectivity index (χ1v) is 7.31. The summed E-state index contributed by atoms with van der Waals surface area (Å²) >= 11 is 0. The lowest BCUT2D eigenvalue weighted by atomic mass is 10.0. The maximum atomic E-state index is 11.8. The lowest BCUT2D eigenvalue weighted by Gasteiger charge is -2.17. The zero-order chi connectivity index (χ0) is 15.8. The van der Waals surface area contributed by atoms with Crippen molar-refractivity contribution >= 4 is 17.7 Å². The van der Waals surface area contributed by atoms with Crippen molar-refractivity contribution in [2.45, 2.75) is 46.1 Å². The van der Waals surface area contributed by atoms with Gasteiger partial charge in [-0.3, -0.25) is 0 Å². The van der Waals surface area contributed by atoms with E-state index in [1.807, 2.05) is 38.1 Å². The molecular weight excluding hydrogens is 268 g/mol. The molecular formula is C16H24N2O3. The number of carboxylic acids is 1. The summed E-state index contributed by atoms with van der Waals surface area (Å²) in [5.41, 5.74) is 1.87. The fraction of sp³-hybridized carbons (Fsp3) is 0.500. The van der Waals surface area contributed by atoms with Gasteiger partial charge in [0.25, 0.3) is 0 Å². The molecule has 0 bridgehead atoms. The summed E-state index contributed by atoms with van der Waals surface area (Å²) in [6.45, 7) is 5.95. The summed E-state index contributed by atoms with van der Waals surface area (Å²) in [5.74, 6) is -0.822. The van der Waals surface area contributed by atoms with E-state index in [0.717, 1.165) is 12.8 Å². The highest BCUT2D eigenvalue weighted by Crippen LogP contribution is 2.11. The van der Waals surface area contributed by atoms with Crippen molar-refractivity contribution in [2.24, 2.45) is 5.92 Å². The first-order chi connectivity index (χ1) is 9.92. The lowest BCUT2D eigenvalue weighted by Crippen LogP contribution is -2.43. The van der Waals surface area contributed by atoms with Crippen molar-refractivity contribution in [3.63, 3.8) is 0 Å². The second-order valence-electron chi connectivity index (χ2n) is 5.57. The monoisotopic (exact) mass is 292 g/mol. The molecule has 2 amide bonds. The average Bonchev–Trinajstić information content (AvgIpc) is 2.40. The van der Waals surface area contributed by atoms with Gasteiger partial charge in [0, 0.05) is 5.69 Å².